The van der Waals surface area contributed by atoms with E-state index in [0.29, 0.717) is 5.75 Å². The Morgan fingerprint density at radius 1 is 0.645 bits per heavy atom. The monoisotopic (exact) mass is 407 g/mol. The normalized spacial score (nSPS) is 10.5. The van der Waals surface area contributed by atoms with Gasteiger partial charge < -0.3 is 9.64 Å². The van der Waals surface area contributed by atoms with Crippen molar-refractivity contribution in [3.05, 3.63) is 108 Å². The zero-order valence-electron chi connectivity index (χ0n) is 18.0. The molecule has 31 heavy (non-hydrogen) atoms. The van der Waals surface area contributed by atoms with Crippen LogP contribution in [0.3, 0.4) is 0 Å². The van der Waals surface area contributed by atoms with Crippen molar-refractivity contribution in [3.63, 3.8) is 0 Å². The van der Waals surface area contributed by atoms with Crippen LogP contribution in [0.5, 0.6) is 5.75 Å². The Bertz CT molecular complexity index is 1150. The van der Waals surface area contributed by atoms with E-state index in [2.05, 4.69) is 91.5 Å². The summed E-state index contributed by atoms with van der Waals surface area (Å²) in [6.45, 7) is 5.63. The number of aryl methyl sites for hydroxylation is 2. The second-order valence-electron chi connectivity index (χ2n) is 7.68. The lowest BCUT2D eigenvalue weighted by Gasteiger charge is -2.26. The molecule has 0 bridgehead atoms. The van der Waals surface area contributed by atoms with Crippen molar-refractivity contribution < 1.29 is 9.53 Å². The van der Waals surface area contributed by atoms with E-state index < -0.39 is 0 Å². The molecular weight excluding hydrogens is 382 g/mol. The average molecular weight is 408 g/mol. The second-order valence-corrected chi connectivity index (χ2v) is 7.68. The van der Waals surface area contributed by atoms with E-state index >= 15 is 0 Å². The zero-order chi connectivity index (χ0) is 21.8. The maximum Gasteiger partial charge on any atom is 0.308 e. The number of anilines is 3. The van der Waals surface area contributed by atoms with Crippen molar-refractivity contribution >= 4 is 23.0 Å². The molecule has 154 valence electrons. The number of ether oxygens (including phenoxy) is 1. The van der Waals surface area contributed by atoms with Crippen molar-refractivity contribution in [1.82, 2.24) is 0 Å². The van der Waals surface area contributed by atoms with Gasteiger partial charge in [-0.25, -0.2) is 0 Å². The molecule has 0 saturated heterocycles. The molecule has 0 aromatic heterocycles. The fraction of sp³-hybridized carbons (Fsp3) is 0.107. The maximum atomic E-state index is 11.1. The number of carbonyl (C=O) groups excluding carboxylic acids is 1. The first-order valence-electron chi connectivity index (χ1n) is 10.3. The third-order valence-corrected chi connectivity index (χ3v) is 5.09. The van der Waals surface area contributed by atoms with Gasteiger partial charge in [0.05, 0.1) is 0 Å². The molecule has 0 amide bonds. The first kappa shape index (κ1) is 20.4. The van der Waals surface area contributed by atoms with E-state index in [1.807, 2.05) is 24.3 Å². The summed E-state index contributed by atoms with van der Waals surface area (Å²) in [5.74, 6) is 0.238. The van der Waals surface area contributed by atoms with Gasteiger partial charge in [-0.15, -0.1) is 0 Å². The van der Waals surface area contributed by atoms with Gasteiger partial charge in [-0.2, -0.15) is 0 Å². The summed E-state index contributed by atoms with van der Waals surface area (Å²) >= 11 is 0. The van der Waals surface area contributed by atoms with Gasteiger partial charge in [-0.05, 0) is 84.6 Å². The van der Waals surface area contributed by atoms with Crippen LogP contribution in [0.15, 0.2) is 97.1 Å². The Labute approximate surface area is 183 Å². The molecule has 0 spiro atoms. The van der Waals surface area contributed by atoms with Crippen LogP contribution in [-0.4, -0.2) is 5.97 Å². The Balaban J connectivity index is 1.69. The molecule has 4 aromatic carbocycles. The van der Waals surface area contributed by atoms with E-state index in [1.165, 1.54) is 18.1 Å². The van der Waals surface area contributed by atoms with Crippen LogP contribution in [-0.2, 0) is 4.79 Å². The summed E-state index contributed by atoms with van der Waals surface area (Å²) < 4.78 is 5.13. The van der Waals surface area contributed by atoms with Crippen LogP contribution in [0.25, 0.3) is 11.1 Å². The number of hydrogen-bond acceptors (Lipinski definition) is 3. The highest BCUT2D eigenvalue weighted by Gasteiger charge is 2.13. The van der Waals surface area contributed by atoms with Crippen molar-refractivity contribution in [2.24, 2.45) is 0 Å². The highest BCUT2D eigenvalue weighted by atomic mass is 16.5. The van der Waals surface area contributed by atoms with Crippen molar-refractivity contribution in [3.8, 4) is 16.9 Å². The van der Waals surface area contributed by atoms with Crippen LogP contribution in [0.4, 0.5) is 17.1 Å². The molecule has 0 saturated carbocycles. The quantitative estimate of drug-likeness (QED) is 0.256. The van der Waals surface area contributed by atoms with Crippen molar-refractivity contribution in [2.45, 2.75) is 20.8 Å². The molecule has 4 rings (SSSR count). The van der Waals surface area contributed by atoms with Gasteiger partial charge in [-0.1, -0.05) is 48.5 Å². The summed E-state index contributed by atoms with van der Waals surface area (Å²) in [5.41, 5.74) is 7.97. The lowest BCUT2D eigenvalue weighted by atomic mass is 10.0. The largest absolute Gasteiger partial charge is 0.427 e. The average Bonchev–Trinajstić information content (AvgIpc) is 2.75. The van der Waals surface area contributed by atoms with E-state index in [9.17, 15) is 4.79 Å². The number of rotatable bonds is 5. The predicted octanol–water partition coefficient (Wildman–Crippen LogP) is 7.37. The summed E-state index contributed by atoms with van der Waals surface area (Å²) in [6.07, 6.45) is 0. The first-order chi connectivity index (χ1) is 15.0. The number of esters is 1. The lowest BCUT2D eigenvalue weighted by molar-refractivity contribution is -0.131. The van der Waals surface area contributed by atoms with Gasteiger partial charge in [-0.3, -0.25) is 4.79 Å². The van der Waals surface area contributed by atoms with Crippen LogP contribution < -0.4 is 9.64 Å². The zero-order valence-corrected chi connectivity index (χ0v) is 18.0. The third kappa shape index (κ3) is 4.84. The number of hydrogen-bond donors (Lipinski definition) is 0. The van der Waals surface area contributed by atoms with Gasteiger partial charge >= 0.3 is 5.97 Å². The molecule has 0 N–H and O–H groups in total. The molecule has 0 heterocycles. The topological polar surface area (TPSA) is 29.5 Å². The molecule has 0 aliphatic heterocycles. The van der Waals surface area contributed by atoms with Gasteiger partial charge in [0, 0.05) is 24.0 Å². The van der Waals surface area contributed by atoms with E-state index in [4.69, 9.17) is 4.74 Å². The summed E-state index contributed by atoms with van der Waals surface area (Å²) in [7, 11) is 0. The predicted molar refractivity (Wildman–Crippen MR) is 127 cm³/mol. The van der Waals surface area contributed by atoms with Gasteiger partial charge in [0.25, 0.3) is 0 Å². The molecule has 0 fully saturated rings. The molecule has 3 heteroatoms. The maximum absolute atomic E-state index is 11.1. The molecule has 0 aliphatic rings. The van der Waals surface area contributed by atoms with Gasteiger partial charge in [0.2, 0.25) is 0 Å². The minimum atomic E-state index is -0.315. The standard InChI is InChI=1S/C28H25NO2/c1-20-6-4-8-26(18-20)29(27-9-5-7-21(2)19-27)25-14-10-23(11-15-25)24-12-16-28(17-13-24)31-22(3)30/h4-19H,1-3H3. The molecule has 0 unspecified atom stereocenters. The lowest BCUT2D eigenvalue weighted by Crippen LogP contribution is -2.10. The summed E-state index contributed by atoms with van der Waals surface area (Å²) in [5, 5.41) is 0. The minimum absolute atomic E-state index is 0.315. The smallest absolute Gasteiger partial charge is 0.308 e. The fourth-order valence-electron chi connectivity index (χ4n) is 3.67. The highest BCUT2D eigenvalue weighted by Crippen LogP contribution is 2.36. The Morgan fingerprint density at radius 3 is 1.58 bits per heavy atom. The van der Waals surface area contributed by atoms with Gasteiger partial charge in [0.15, 0.2) is 0 Å². The van der Waals surface area contributed by atoms with E-state index in [-0.39, 0.29) is 5.97 Å². The molecule has 0 radical (unpaired) electrons. The first-order valence-corrected chi connectivity index (χ1v) is 10.3. The fourth-order valence-corrected chi connectivity index (χ4v) is 3.67. The highest BCUT2D eigenvalue weighted by molar-refractivity contribution is 5.79. The molecular formula is C28H25NO2. The van der Waals surface area contributed by atoms with Crippen LogP contribution in [0.2, 0.25) is 0 Å². The number of benzene rings is 4. The molecule has 3 nitrogen and oxygen atoms in total. The molecule has 0 aliphatic carbocycles. The Morgan fingerprint density at radius 2 is 1.13 bits per heavy atom. The van der Waals surface area contributed by atoms with Gasteiger partial charge in [0.1, 0.15) is 5.75 Å². The third-order valence-electron chi connectivity index (χ3n) is 5.09. The van der Waals surface area contributed by atoms with Crippen molar-refractivity contribution in [1.29, 1.82) is 0 Å². The molecule has 0 atom stereocenters. The SMILES string of the molecule is CC(=O)Oc1ccc(-c2ccc(N(c3cccc(C)c3)c3cccc(C)c3)cc2)cc1. The van der Waals surface area contributed by atoms with E-state index in [0.717, 1.165) is 28.2 Å². The number of carbonyl (C=O) groups is 1. The Kier molecular flexibility index (Phi) is 5.85. The minimum Gasteiger partial charge on any atom is -0.427 e. The Hall–Kier alpha value is -3.85. The summed E-state index contributed by atoms with van der Waals surface area (Å²) in [6, 6.07) is 33.1. The second kappa shape index (κ2) is 8.88. The van der Waals surface area contributed by atoms with Crippen LogP contribution >= 0.6 is 0 Å². The van der Waals surface area contributed by atoms with E-state index in [1.54, 1.807) is 0 Å². The van der Waals surface area contributed by atoms with Crippen LogP contribution in [0, 0.1) is 13.8 Å². The van der Waals surface area contributed by atoms with Crippen molar-refractivity contribution in [2.75, 3.05) is 4.90 Å². The summed E-state index contributed by atoms with van der Waals surface area (Å²) in [4.78, 5) is 13.4. The van der Waals surface area contributed by atoms with Crippen LogP contribution in [0.1, 0.15) is 18.1 Å². The molecule has 4 aromatic rings. The number of nitrogens with zero attached hydrogens (tertiary/aromatic N) is 1.